The number of sulfonamides is 1. The molecule has 0 bridgehead atoms. The van der Waals surface area contributed by atoms with Gasteiger partial charge in [-0.2, -0.15) is 0 Å². The zero-order chi connectivity index (χ0) is 32.4. The van der Waals surface area contributed by atoms with Gasteiger partial charge in [0.1, 0.15) is 24.2 Å². The van der Waals surface area contributed by atoms with Crippen molar-refractivity contribution in [3.8, 4) is 5.75 Å². The van der Waals surface area contributed by atoms with Crippen molar-refractivity contribution >= 4 is 27.5 Å². The molecule has 0 aliphatic rings. The third-order valence-electron chi connectivity index (χ3n) is 7.21. The fraction of sp³-hybridized carbons (Fsp3) is 0.257. The standard InChI is InChI=1S/C35H38FN3O5S/c1-26(2)23-37-35(41)33(21-27-13-6-4-7-14-27)38(24-28-15-10-11-20-32(28)36)34(40)25-39(29-16-12-17-30(22-29)44-3)45(42,43)31-18-8-5-9-19-31/h4-20,22,26,33H,21,23-25H2,1-3H3,(H,37,41)/t33-/m1/s1. The lowest BCUT2D eigenvalue weighted by atomic mass is 10.0. The number of anilines is 1. The normalized spacial score (nSPS) is 11.9. The van der Waals surface area contributed by atoms with Crippen LogP contribution in [0.2, 0.25) is 0 Å². The van der Waals surface area contributed by atoms with Gasteiger partial charge in [0.25, 0.3) is 10.0 Å². The van der Waals surface area contributed by atoms with E-state index in [-0.39, 0.29) is 35.0 Å². The van der Waals surface area contributed by atoms with Crippen molar-refractivity contribution in [2.45, 2.75) is 37.8 Å². The largest absolute Gasteiger partial charge is 0.497 e. The third-order valence-corrected chi connectivity index (χ3v) is 8.99. The summed E-state index contributed by atoms with van der Waals surface area (Å²) in [5.41, 5.74) is 1.18. The molecular formula is C35H38FN3O5S. The number of carbonyl (C=O) groups excluding carboxylic acids is 2. The fourth-order valence-electron chi connectivity index (χ4n) is 4.80. The zero-order valence-electron chi connectivity index (χ0n) is 25.6. The first-order chi connectivity index (χ1) is 21.6. The average Bonchev–Trinajstić information content (AvgIpc) is 3.05. The minimum absolute atomic E-state index is 0.0169. The smallest absolute Gasteiger partial charge is 0.264 e. The van der Waals surface area contributed by atoms with Crippen molar-refractivity contribution in [2.75, 3.05) is 24.5 Å². The Morgan fingerprint density at radius 3 is 2.16 bits per heavy atom. The van der Waals surface area contributed by atoms with Crippen LogP contribution in [0.1, 0.15) is 25.0 Å². The molecule has 2 amide bonds. The summed E-state index contributed by atoms with van der Waals surface area (Å²) >= 11 is 0. The van der Waals surface area contributed by atoms with Gasteiger partial charge in [0.15, 0.2) is 0 Å². The van der Waals surface area contributed by atoms with E-state index in [0.29, 0.717) is 12.3 Å². The molecule has 1 N–H and O–H groups in total. The minimum atomic E-state index is -4.26. The summed E-state index contributed by atoms with van der Waals surface area (Å²) in [5.74, 6) is -1.11. The molecule has 45 heavy (non-hydrogen) atoms. The Morgan fingerprint density at radius 1 is 0.867 bits per heavy atom. The number of hydrogen-bond acceptors (Lipinski definition) is 5. The van der Waals surface area contributed by atoms with Gasteiger partial charge in [-0.15, -0.1) is 0 Å². The highest BCUT2D eigenvalue weighted by molar-refractivity contribution is 7.92. The molecule has 0 radical (unpaired) electrons. The van der Waals surface area contributed by atoms with Gasteiger partial charge >= 0.3 is 0 Å². The summed E-state index contributed by atoms with van der Waals surface area (Å²) in [4.78, 5) is 29.5. The van der Waals surface area contributed by atoms with Crippen molar-refractivity contribution in [2.24, 2.45) is 5.92 Å². The Hall–Kier alpha value is -4.70. The molecular weight excluding hydrogens is 593 g/mol. The zero-order valence-corrected chi connectivity index (χ0v) is 26.4. The van der Waals surface area contributed by atoms with E-state index in [9.17, 15) is 18.0 Å². The van der Waals surface area contributed by atoms with Crippen LogP contribution in [0.4, 0.5) is 10.1 Å². The second-order valence-corrected chi connectivity index (χ2v) is 12.8. The van der Waals surface area contributed by atoms with Gasteiger partial charge in [-0.05, 0) is 41.8 Å². The van der Waals surface area contributed by atoms with Crippen LogP contribution in [0.5, 0.6) is 5.75 Å². The van der Waals surface area contributed by atoms with Crippen LogP contribution in [0.15, 0.2) is 114 Å². The Morgan fingerprint density at radius 2 is 1.51 bits per heavy atom. The number of nitrogens with one attached hydrogen (secondary N) is 1. The van der Waals surface area contributed by atoms with Crippen LogP contribution in [0, 0.1) is 11.7 Å². The molecule has 0 fully saturated rings. The second-order valence-electron chi connectivity index (χ2n) is 11.0. The molecule has 236 valence electrons. The van der Waals surface area contributed by atoms with E-state index in [2.05, 4.69) is 5.32 Å². The Bertz CT molecular complexity index is 1680. The van der Waals surface area contributed by atoms with Crippen LogP contribution in [0.3, 0.4) is 0 Å². The maximum atomic E-state index is 15.0. The van der Waals surface area contributed by atoms with Gasteiger partial charge in [0.2, 0.25) is 11.8 Å². The van der Waals surface area contributed by atoms with Crippen molar-refractivity contribution in [1.82, 2.24) is 10.2 Å². The van der Waals surface area contributed by atoms with Crippen LogP contribution < -0.4 is 14.4 Å². The first kappa shape index (κ1) is 33.2. The van der Waals surface area contributed by atoms with Gasteiger partial charge in [0, 0.05) is 31.1 Å². The lowest BCUT2D eigenvalue weighted by Gasteiger charge is -2.34. The minimum Gasteiger partial charge on any atom is -0.497 e. The van der Waals surface area contributed by atoms with E-state index in [1.807, 2.05) is 44.2 Å². The van der Waals surface area contributed by atoms with Gasteiger partial charge < -0.3 is 15.0 Å². The number of rotatable bonds is 14. The highest BCUT2D eigenvalue weighted by atomic mass is 32.2. The number of halogens is 1. The Kier molecular flexibility index (Phi) is 11.3. The van der Waals surface area contributed by atoms with Gasteiger partial charge in [-0.1, -0.05) is 86.6 Å². The van der Waals surface area contributed by atoms with E-state index in [4.69, 9.17) is 4.74 Å². The molecule has 4 rings (SSSR count). The van der Waals surface area contributed by atoms with Crippen LogP contribution in [-0.2, 0) is 32.6 Å². The number of methoxy groups -OCH3 is 1. The van der Waals surface area contributed by atoms with Gasteiger partial charge in [0.05, 0.1) is 17.7 Å². The van der Waals surface area contributed by atoms with Gasteiger partial charge in [-0.3, -0.25) is 13.9 Å². The summed E-state index contributed by atoms with van der Waals surface area (Å²) in [6, 6.07) is 28.3. The topological polar surface area (TPSA) is 96.0 Å². The molecule has 1 atom stereocenters. The predicted molar refractivity (Wildman–Crippen MR) is 173 cm³/mol. The summed E-state index contributed by atoms with van der Waals surface area (Å²) in [6.07, 6.45) is 0.134. The summed E-state index contributed by atoms with van der Waals surface area (Å²) in [6.45, 7) is 3.37. The van der Waals surface area contributed by atoms with Crippen molar-refractivity contribution in [3.63, 3.8) is 0 Å². The third kappa shape index (κ3) is 8.69. The van der Waals surface area contributed by atoms with Crippen molar-refractivity contribution in [3.05, 3.63) is 126 Å². The van der Waals surface area contributed by atoms with E-state index in [1.54, 1.807) is 54.6 Å². The van der Waals surface area contributed by atoms with Crippen molar-refractivity contribution in [1.29, 1.82) is 0 Å². The SMILES string of the molecule is COc1cccc(N(CC(=O)N(Cc2ccccc2F)[C@H](Cc2ccccc2)C(=O)NCC(C)C)S(=O)(=O)c2ccccc2)c1. The van der Waals surface area contributed by atoms with Gasteiger partial charge in [-0.25, -0.2) is 12.8 Å². The first-order valence-electron chi connectivity index (χ1n) is 14.7. The maximum absolute atomic E-state index is 15.0. The number of nitrogens with zero attached hydrogens (tertiary/aromatic N) is 2. The molecule has 4 aromatic rings. The number of amides is 2. The molecule has 8 nitrogen and oxygen atoms in total. The number of hydrogen-bond donors (Lipinski definition) is 1. The average molecular weight is 632 g/mol. The molecule has 0 saturated heterocycles. The lowest BCUT2D eigenvalue weighted by molar-refractivity contribution is -0.140. The molecule has 0 spiro atoms. The van der Waals surface area contributed by atoms with E-state index in [0.717, 1.165) is 9.87 Å². The Balaban J connectivity index is 1.81. The molecule has 0 aromatic heterocycles. The number of benzene rings is 4. The molecule has 0 heterocycles. The van der Waals surface area contributed by atoms with Crippen LogP contribution in [0.25, 0.3) is 0 Å². The van der Waals surface area contributed by atoms with Crippen LogP contribution in [-0.4, -0.2) is 51.4 Å². The molecule has 4 aromatic carbocycles. The molecule has 10 heteroatoms. The summed E-state index contributed by atoms with van der Waals surface area (Å²) in [7, 11) is -2.80. The quantitative estimate of drug-likeness (QED) is 0.200. The molecule has 0 saturated carbocycles. The van der Waals surface area contributed by atoms with Crippen molar-refractivity contribution < 1.29 is 27.1 Å². The second kappa shape index (κ2) is 15.3. The Labute approximate surface area is 264 Å². The van der Waals surface area contributed by atoms with Crippen LogP contribution >= 0.6 is 0 Å². The fourth-order valence-corrected chi connectivity index (χ4v) is 6.23. The van der Waals surface area contributed by atoms with E-state index >= 15 is 4.39 Å². The van der Waals surface area contributed by atoms with E-state index in [1.165, 1.54) is 36.3 Å². The maximum Gasteiger partial charge on any atom is 0.264 e. The predicted octanol–water partition coefficient (Wildman–Crippen LogP) is 5.44. The highest BCUT2D eigenvalue weighted by Gasteiger charge is 2.35. The molecule has 0 unspecified atom stereocenters. The number of ether oxygens (including phenoxy) is 1. The molecule has 0 aliphatic carbocycles. The monoisotopic (exact) mass is 631 g/mol. The summed E-state index contributed by atoms with van der Waals surface area (Å²) in [5, 5.41) is 2.92. The molecule has 0 aliphatic heterocycles. The first-order valence-corrected chi connectivity index (χ1v) is 16.1. The van der Waals surface area contributed by atoms with E-state index < -0.39 is 40.2 Å². The summed E-state index contributed by atoms with van der Waals surface area (Å²) < 4.78 is 49.5. The lowest BCUT2D eigenvalue weighted by Crippen LogP contribution is -2.53. The number of carbonyl (C=O) groups is 2. The highest BCUT2D eigenvalue weighted by Crippen LogP contribution is 2.28.